The molecule has 0 atom stereocenters. The van der Waals surface area contributed by atoms with E-state index in [-0.39, 0.29) is 27.1 Å². The Morgan fingerprint density at radius 2 is 0.976 bits per heavy atom. The fraction of sp³-hybridized carbons (Fsp3) is 0.263. The highest BCUT2D eigenvalue weighted by Crippen LogP contribution is 2.51. The van der Waals surface area contributed by atoms with Crippen molar-refractivity contribution in [2.45, 2.75) is 131 Å². The summed E-state index contributed by atoms with van der Waals surface area (Å²) in [6.45, 7) is 34.3. The molecular weight excluding hydrogens is 1030 g/mol. The molecule has 1 aliphatic heterocycles. The van der Waals surface area contributed by atoms with E-state index in [1.807, 2.05) is 11.3 Å². The van der Waals surface area contributed by atoms with Gasteiger partial charge in [-0.15, -0.1) is 11.3 Å². The Morgan fingerprint density at radius 3 is 1.59 bits per heavy atom. The lowest BCUT2D eigenvalue weighted by Crippen LogP contribution is -2.35. The van der Waals surface area contributed by atoms with Gasteiger partial charge in [0.1, 0.15) is 22.3 Å². The molecule has 1 aliphatic rings. The number of benzene rings is 9. The molecule has 413 valence electrons. The average Bonchev–Trinajstić information content (AvgIpc) is 1.57. The molecule has 0 unspecified atom stereocenters. The van der Waals surface area contributed by atoms with E-state index in [0.29, 0.717) is 0 Å². The van der Waals surface area contributed by atoms with Crippen LogP contribution >= 0.6 is 11.3 Å². The molecule has 5 nitrogen and oxygen atoms in total. The summed E-state index contributed by atoms with van der Waals surface area (Å²) in [5.41, 5.74) is 21.9. The number of furan rings is 2. The number of nitrogens with zero attached hydrogens (tertiary/aromatic N) is 2. The molecule has 0 saturated heterocycles. The molecular formula is C76H73BN3O2S. The number of nitrogens with one attached hydrogen (secondary N) is 1. The van der Waals surface area contributed by atoms with Crippen molar-refractivity contribution in [3.63, 3.8) is 0 Å². The van der Waals surface area contributed by atoms with E-state index in [2.05, 4.69) is 290 Å². The number of hydrogen-bond donors (Lipinski definition) is 1. The normalized spacial score (nSPS) is 13.3. The lowest BCUT2D eigenvalue weighted by Gasteiger charge is -2.28. The second-order valence-electron chi connectivity index (χ2n) is 28.6. The molecule has 83 heavy (non-hydrogen) atoms. The van der Waals surface area contributed by atoms with Gasteiger partial charge >= 0.3 is 0 Å². The van der Waals surface area contributed by atoms with Crippen molar-refractivity contribution in [2.24, 2.45) is 0 Å². The topological polar surface area (TPSA) is 46.5 Å². The largest absolute Gasteiger partial charge is 0.456 e. The van der Waals surface area contributed by atoms with E-state index in [1.54, 1.807) is 0 Å². The first kappa shape index (κ1) is 53.0. The third-order valence-corrected chi connectivity index (χ3v) is 18.7. The zero-order chi connectivity index (χ0) is 58.0. The molecule has 14 rings (SSSR count). The van der Waals surface area contributed by atoms with Crippen LogP contribution in [0.15, 0.2) is 173 Å². The van der Waals surface area contributed by atoms with Crippen LogP contribution in [-0.4, -0.2) is 11.8 Å². The predicted octanol–water partition coefficient (Wildman–Crippen LogP) is 21.1. The monoisotopic (exact) mass is 1100 g/mol. The van der Waals surface area contributed by atoms with Crippen molar-refractivity contribution in [2.75, 3.05) is 10.2 Å². The van der Waals surface area contributed by atoms with Crippen LogP contribution in [-0.2, 0) is 27.1 Å². The maximum absolute atomic E-state index is 7.37. The predicted molar refractivity (Wildman–Crippen MR) is 359 cm³/mol. The van der Waals surface area contributed by atoms with Crippen LogP contribution in [0.25, 0.3) is 92.6 Å². The Labute approximate surface area is 493 Å². The highest BCUT2D eigenvalue weighted by Gasteiger charge is 2.35. The van der Waals surface area contributed by atoms with Gasteiger partial charge in [0, 0.05) is 71.4 Å². The second-order valence-corrected chi connectivity index (χ2v) is 29.7. The fourth-order valence-electron chi connectivity index (χ4n) is 12.8. The van der Waals surface area contributed by atoms with Crippen molar-refractivity contribution in [1.29, 1.82) is 0 Å². The quantitative estimate of drug-likeness (QED) is 0.169. The summed E-state index contributed by atoms with van der Waals surface area (Å²) >= 11 is 1.89. The van der Waals surface area contributed by atoms with Crippen molar-refractivity contribution < 1.29 is 8.83 Å². The number of hydrogen-bond acceptors (Lipinski definition) is 5. The standard InChI is InChI=1S/C76H73BN3O2S/c1-72(2,3)43-20-28-48(29-21-43)78-58-42-62-54(53-40-51(34-36-61(53)81-62)79(49-30-22-44(23-31-49)73(4,5)6)50-32-24-45(25-33-50)74(7,8)9)41-55(58)64-65-52-18-16-17-19-60(52)82-70(65)66-56-38-46(75(10,11)12)26-35-59(56)80-68-57-39-47(76(13,14)15)27-37-63(57)83-71(68)77-67(64)69(66)80/h16-42,78H,1-15H3. The number of rotatable bonds is 6. The van der Waals surface area contributed by atoms with Gasteiger partial charge in [0.15, 0.2) is 0 Å². The molecule has 13 aromatic rings. The van der Waals surface area contributed by atoms with Crippen molar-refractivity contribution >= 4 is 133 Å². The van der Waals surface area contributed by atoms with E-state index in [9.17, 15) is 0 Å². The SMILES string of the molecule is CC(C)(C)c1ccc(Nc2cc3oc4ccc(N(c5ccc(C(C)(C)C)cc5)c5ccc(C(C)(C)C)cc5)cc4c3cc2-c2c3c4c(c5cc(C(C)(C)C)ccc5n4-c4c(sc5ccc(C(C)(C)C)cc45)[B]3)c3oc4ccccc4c23)cc1. The maximum atomic E-state index is 7.37. The van der Waals surface area contributed by atoms with E-state index in [0.717, 1.165) is 94.3 Å². The van der Waals surface area contributed by atoms with Gasteiger partial charge in [-0.1, -0.05) is 171 Å². The van der Waals surface area contributed by atoms with Crippen LogP contribution in [0.4, 0.5) is 28.4 Å². The van der Waals surface area contributed by atoms with Gasteiger partial charge in [-0.2, -0.15) is 0 Å². The molecule has 0 bridgehead atoms. The minimum atomic E-state index is -0.0778. The first-order valence-corrected chi connectivity index (χ1v) is 30.4. The molecule has 7 heteroatoms. The molecule has 1 radical (unpaired) electrons. The molecule has 5 heterocycles. The highest BCUT2D eigenvalue weighted by molar-refractivity contribution is 7.29. The zero-order valence-electron chi connectivity index (χ0n) is 50.8. The zero-order valence-corrected chi connectivity index (χ0v) is 51.6. The Kier molecular flexibility index (Phi) is 11.7. The Hall–Kier alpha value is -8.00. The fourth-order valence-corrected chi connectivity index (χ4v) is 13.9. The number of para-hydroxylation sites is 1. The first-order chi connectivity index (χ1) is 39.3. The number of fused-ring (bicyclic) bond motifs is 14. The van der Waals surface area contributed by atoms with Crippen LogP contribution in [0.3, 0.4) is 0 Å². The van der Waals surface area contributed by atoms with E-state index in [1.165, 1.54) is 64.7 Å². The molecule has 0 fully saturated rings. The lowest BCUT2D eigenvalue weighted by molar-refractivity contribution is 0.590. The molecule has 0 amide bonds. The molecule has 9 aromatic carbocycles. The van der Waals surface area contributed by atoms with Crippen LogP contribution in [0.1, 0.15) is 132 Å². The summed E-state index contributed by atoms with van der Waals surface area (Å²) in [5.74, 6) is 0. The molecule has 4 aromatic heterocycles. The van der Waals surface area contributed by atoms with E-state index >= 15 is 0 Å². The van der Waals surface area contributed by atoms with Crippen LogP contribution in [0.2, 0.25) is 0 Å². The van der Waals surface area contributed by atoms with Gasteiger partial charge in [0.25, 0.3) is 0 Å². The van der Waals surface area contributed by atoms with Crippen molar-refractivity contribution in [3.8, 4) is 16.8 Å². The number of aromatic nitrogens is 1. The summed E-state index contributed by atoms with van der Waals surface area (Å²) in [4.78, 5) is 2.39. The Morgan fingerprint density at radius 1 is 0.446 bits per heavy atom. The second kappa shape index (κ2) is 18.3. The third kappa shape index (κ3) is 8.70. The summed E-state index contributed by atoms with van der Waals surface area (Å²) < 4.78 is 19.5. The van der Waals surface area contributed by atoms with Gasteiger partial charge in [0.05, 0.1) is 27.8 Å². The van der Waals surface area contributed by atoms with Crippen LogP contribution in [0.5, 0.6) is 0 Å². The number of anilines is 5. The summed E-state index contributed by atoms with van der Waals surface area (Å²) in [7, 11) is 2.50. The van der Waals surface area contributed by atoms with E-state index in [4.69, 9.17) is 8.83 Å². The molecule has 0 spiro atoms. The molecule has 0 aliphatic carbocycles. The van der Waals surface area contributed by atoms with Gasteiger partial charge in [-0.3, -0.25) is 0 Å². The van der Waals surface area contributed by atoms with Crippen molar-refractivity contribution in [3.05, 3.63) is 192 Å². The highest BCUT2D eigenvalue weighted by atomic mass is 32.1. The number of thiophene rings is 1. The molecule has 0 saturated carbocycles. The third-order valence-electron chi connectivity index (χ3n) is 17.6. The smallest absolute Gasteiger partial charge is 0.211 e. The van der Waals surface area contributed by atoms with Crippen molar-refractivity contribution in [1.82, 2.24) is 4.57 Å². The van der Waals surface area contributed by atoms with Gasteiger partial charge in [-0.05, 0) is 162 Å². The van der Waals surface area contributed by atoms with Gasteiger partial charge < -0.3 is 23.6 Å². The summed E-state index contributed by atoms with van der Waals surface area (Å²) in [6, 6.07) is 61.4. The van der Waals surface area contributed by atoms with Crippen LogP contribution in [0, 0.1) is 0 Å². The Bertz CT molecular complexity index is 4720. The summed E-state index contributed by atoms with van der Waals surface area (Å²) in [5, 5.41) is 11.9. The lowest BCUT2D eigenvalue weighted by atomic mass is 9.62. The first-order valence-electron chi connectivity index (χ1n) is 29.6. The van der Waals surface area contributed by atoms with Gasteiger partial charge in [-0.25, -0.2) is 0 Å². The molecule has 1 N–H and O–H groups in total. The minimum Gasteiger partial charge on any atom is -0.456 e. The van der Waals surface area contributed by atoms with Gasteiger partial charge in [0.2, 0.25) is 7.28 Å². The average molecular weight is 1100 g/mol. The maximum Gasteiger partial charge on any atom is 0.211 e. The summed E-state index contributed by atoms with van der Waals surface area (Å²) in [6.07, 6.45) is 0. The Balaban J connectivity index is 1.08. The minimum absolute atomic E-state index is 0.00474. The van der Waals surface area contributed by atoms with E-state index < -0.39 is 0 Å². The van der Waals surface area contributed by atoms with Crippen LogP contribution < -0.4 is 20.5 Å².